The van der Waals surface area contributed by atoms with Gasteiger partial charge < -0.3 is 30.3 Å². The van der Waals surface area contributed by atoms with Crippen LogP contribution in [0.15, 0.2) is 5.38 Å². The number of hydrogen-bond acceptors (Lipinski definition) is 7. The minimum atomic E-state index is -0.868. The molecule has 3 N–H and O–H groups in total. The van der Waals surface area contributed by atoms with Crippen molar-refractivity contribution >= 4 is 29.4 Å². The van der Waals surface area contributed by atoms with Crippen LogP contribution in [0, 0.1) is 5.92 Å². The van der Waals surface area contributed by atoms with Gasteiger partial charge in [-0.2, -0.15) is 0 Å². The third-order valence-corrected chi connectivity index (χ3v) is 6.79. The molecule has 1 aromatic heterocycles. The van der Waals surface area contributed by atoms with Crippen molar-refractivity contribution in [2.75, 3.05) is 20.3 Å². The smallest absolute Gasteiger partial charge is 0.407 e. The van der Waals surface area contributed by atoms with Crippen molar-refractivity contribution in [3.63, 3.8) is 0 Å². The van der Waals surface area contributed by atoms with Crippen LogP contribution in [0.2, 0.25) is 0 Å². The van der Waals surface area contributed by atoms with Crippen LogP contribution in [0.4, 0.5) is 9.59 Å². The molecule has 0 radical (unpaired) electrons. The molecule has 1 heterocycles. The van der Waals surface area contributed by atoms with Gasteiger partial charge in [0.1, 0.15) is 6.04 Å². The second-order valence-corrected chi connectivity index (χ2v) is 11.2. The molecule has 37 heavy (non-hydrogen) atoms. The predicted molar refractivity (Wildman–Crippen MR) is 147 cm³/mol. The summed E-state index contributed by atoms with van der Waals surface area (Å²) < 4.78 is 10.8. The predicted octanol–water partition coefficient (Wildman–Crippen LogP) is 4.26. The molecule has 0 aliphatic carbocycles. The van der Waals surface area contributed by atoms with Crippen LogP contribution in [-0.4, -0.2) is 72.4 Å². The molecule has 0 aliphatic heterocycles. The van der Waals surface area contributed by atoms with Gasteiger partial charge in [-0.25, -0.2) is 14.6 Å². The zero-order valence-electron chi connectivity index (χ0n) is 23.9. The minimum absolute atomic E-state index is 0.0993. The van der Waals surface area contributed by atoms with Crippen LogP contribution in [0.1, 0.15) is 84.9 Å². The SMILES string of the molecule is CCOC(=O)N[C@@H](C)CC[C@H](C)NC(=O)[C@@H](NC(=O)N(C)Cc1csc(C(C)C)n1)C(C)OCC(C)C. The average molecular weight is 542 g/mol. The van der Waals surface area contributed by atoms with Crippen LogP contribution in [0.25, 0.3) is 0 Å². The first-order valence-electron chi connectivity index (χ1n) is 13.1. The molecule has 1 unspecified atom stereocenters. The van der Waals surface area contributed by atoms with Crippen molar-refractivity contribution < 1.29 is 23.9 Å². The summed E-state index contributed by atoms with van der Waals surface area (Å²) >= 11 is 1.58. The molecule has 0 spiro atoms. The fraction of sp³-hybridized carbons (Fsp3) is 0.769. The van der Waals surface area contributed by atoms with Gasteiger partial charge in [-0.1, -0.05) is 27.7 Å². The zero-order chi connectivity index (χ0) is 28.1. The zero-order valence-corrected chi connectivity index (χ0v) is 24.7. The van der Waals surface area contributed by atoms with Crippen LogP contribution in [-0.2, 0) is 20.8 Å². The lowest BCUT2D eigenvalue weighted by molar-refractivity contribution is -0.127. The van der Waals surface area contributed by atoms with Crippen LogP contribution in [0.3, 0.4) is 0 Å². The number of carbonyl (C=O) groups excluding carboxylic acids is 3. The Hall–Kier alpha value is -2.40. The molecule has 0 saturated heterocycles. The maximum Gasteiger partial charge on any atom is 0.407 e. The Bertz CT molecular complexity index is 847. The van der Waals surface area contributed by atoms with Crippen LogP contribution >= 0.6 is 11.3 Å². The summed E-state index contributed by atoms with van der Waals surface area (Å²) in [5.41, 5.74) is 0.815. The van der Waals surface area contributed by atoms with E-state index in [0.717, 1.165) is 10.7 Å². The highest BCUT2D eigenvalue weighted by Crippen LogP contribution is 2.20. The second-order valence-electron chi connectivity index (χ2n) is 10.3. The summed E-state index contributed by atoms with van der Waals surface area (Å²) in [5.74, 6) is 0.305. The van der Waals surface area contributed by atoms with E-state index in [2.05, 4.69) is 34.8 Å². The van der Waals surface area contributed by atoms with Crippen LogP contribution in [0.5, 0.6) is 0 Å². The Labute approximate surface area is 226 Å². The summed E-state index contributed by atoms with van der Waals surface area (Å²) in [6.07, 6.45) is 0.324. The summed E-state index contributed by atoms with van der Waals surface area (Å²) in [5, 5.41) is 11.6. The van der Waals surface area contributed by atoms with E-state index in [0.29, 0.717) is 38.5 Å². The quantitative estimate of drug-likeness (QED) is 0.305. The molecule has 212 valence electrons. The minimum Gasteiger partial charge on any atom is -0.450 e. The lowest BCUT2D eigenvalue weighted by atomic mass is 10.1. The van der Waals surface area contributed by atoms with Gasteiger partial charge in [0, 0.05) is 37.0 Å². The summed E-state index contributed by atoms with van der Waals surface area (Å²) in [6.45, 7) is 16.7. The van der Waals surface area contributed by atoms with E-state index in [1.165, 1.54) is 4.90 Å². The van der Waals surface area contributed by atoms with Gasteiger partial charge in [0.05, 0.1) is 30.0 Å². The fourth-order valence-electron chi connectivity index (χ4n) is 3.41. The Kier molecular flexibility index (Phi) is 14.5. The van der Waals surface area contributed by atoms with Crippen molar-refractivity contribution in [3.05, 3.63) is 16.1 Å². The Morgan fingerprint density at radius 3 is 2.16 bits per heavy atom. The molecule has 1 aromatic rings. The maximum absolute atomic E-state index is 13.2. The molecule has 1 rings (SSSR count). The first-order valence-corrected chi connectivity index (χ1v) is 14.0. The summed E-state index contributed by atoms with van der Waals surface area (Å²) in [7, 11) is 1.68. The Balaban J connectivity index is 2.76. The number of ether oxygens (including phenoxy) is 2. The number of urea groups is 1. The van der Waals surface area contributed by atoms with Crippen molar-refractivity contribution in [3.8, 4) is 0 Å². The largest absolute Gasteiger partial charge is 0.450 e. The maximum atomic E-state index is 13.2. The summed E-state index contributed by atoms with van der Waals surface area (Å²) in [4.78, 5) is 43.9. The van der Waals surface area contributed by atoms with Gasteiger partial charge >= 0.3 is 12.1 Å². The van der Waals surface area contributed by atoms with Gasteiger partial charge in [-0.15, -0.1) is 11.3 Å². The molecule has 0 saturated carbocycles. The topological polar surface area (TPSA) is 122 Å². The highest BCUT2D eigenvalue weighted by molar-refractivity contribution is 7.09. The van der Waals surface area contributed by atoms with E-state index in [9.17, 15) is 14.4 Å². The first-order chi connectivity index (χ1) is 17.3. The van der Waals surface area contributed by atoms with Gasteiger partial charge in [0.2, 0.25) is 5.91 Å². The lowest BCUT2D eigenvalue weighted by Gasteiger charge is -2.29. The molecular weight excluding hydrogens is 494 g/mol. The number of amides is 4. The van der Waals surface area contributed by atoms with E-state index in [4.69, 9.17) is 9.47 Å². The number of nitrogens with zero attached hydrogens (tertiary/aromatic N) is 2. The monoisotopic (exact) mass is 541 g/mol. The Morgan fingerprint density at radius 1 is 1.00 bits per heavy atom. The average Bonchev–Trinajstić information content (AvgIpc) is 3.28. The molecule has 0 aromatic carbocycles. The third kappa shape index (κ3) is 12.6. The molecule has 0 fully saturated rings. The number of rotatable bonds is 15. The van der Waals surface area contributed by atoms with E-state index >= 15 is 0 Å². The van der Waals surface area contributed by atoms with Gasteiger partial charge in [-0.3, -0.25) is 4.79 Å². The Morgan fingerprint density at radius 2 is 1.62 bits per heavy atom. The molecule has 0 aliphatic rings. The number of aromatic nitrogens is 1. The normalized spacial score (nSPS) is 14.6. The third-order valence-electron chi connectivity index (χ3n) is 5.59. The van der Waals surface area contributed by atoms with E-state index < -0.39 is 18.2 Å². The molecule has 0 bridgehead atoms. The van der Waals surface area contributed by atoms with Crippen molar-refractivity contribution in [2.45, 2.75) is 105 Å². The standard InChI is InChI=1S/C26H47N5O5S/c1-10-35-26(34)28-19(7)12-11-18(6)27-23(32)22(20(8)36-14-16(2)3)30-25(33)31(9)13-21-15-37-24(29-21)17(4)5/h15-20,22H,10-14H2,1-9H3,(H,27,32)(H,28,34)(H,30,33)/t18-,19-,20?,22-/m0/s1. The number of thiazole rings is 1. The van der Waals surface area contributed by atoms with Gasteiger partial charge in [-0.05, 0) is 46.5 Å². The highest BCUT2D eigenvalue weighted by Gasteiger charge is 2.30. The second kappa shape index (κ2) is 16.4. The molecule has 11 heteroatoms. The summed E-state index contributed by atoms with van der Waals surface area (Å²) in [6, 6.07) is -1.51. The molecule has 4 atom stereocenters. The van der Waals surface area contributed by atoms with E-state index in [-0.39, 0.29) is 29.9 Å². The van der Waals surface area contributed by atoms with E-state index in [1.54, 1.807) is 32.2 Å². The lowest BCUT2D eigenvalue weighted by Crippen LogP contribution is -2.57. The fourth-order valence-corrected chi connectivity index (χ4v) is 4.23. The first kappa shape index (κ1) is 32.6. The van der Waals surface area contributed by atoms with Gasteiger partial charge in [0.25, 0.3) is 0 Å². The number of carbonyl (C=O) groups is 3. The van der Waals surface area contributed by atoms with Gasteiger partial charge in [0.15, 0.2) is 0 Å². The van der Waals surface area contributed by atoms with Crippen LogP contribution < -0.4 is 16.0 Å². The molecule has 10 nitrogen and oxygen atoms in total. The van der Waals surface area contributed by atoms with E-state index in [1.807, 2.05) is 33.1 Å². The van der Waals surface area contributed by atoms with Crippen molar-refractivity contribution in [1.29, 1.82) is 0 Å². The molecular formula is C26H47N5O5S. The van der Waals surface area contributed by atoms with Crippen molar-refractivity contribution in [1.82, 2.24) is 25.8 Å². The highest BCUT2D eigenvalue weighted by atomic mass is 32.1. The number of nitrogens with one attached hydrogen (secondary N) is 3. The van der Waals surface area contributed by atoms with Crippen molar-refractivity contribution in [2.24, 2.45) is 5.92 Å². The number of alkyl carbamates (subject to hydrolysis) is 1. The number of hydrogen-bond donors (Lipinski definition) is 3. The molecule has 4 amide bonds.